The van der Waals surface area contributed by atoms with Gasteiger partial charge < -0.3 is 81.9 Å². The predicted molar refractivity (Wildman–Crippen MR) is 343 cm³/mol. The van der Waals surface area contributed by atoms with Gasteiger partial charge in [-0.1, -0.05) is 42.5 Å². The number of carbonyl (C=O) groups is 12. The number of Topliss-reactive ketones (excluding diaryl/α,β-unsaturated/α-hetero) is 3. The molecule has 0 spiro atoms. The first-order valence-corrected chi connectivity index (χ1v) is 31.4. The van der Waals surface area contributed by atoms with E-state index in [1.54, 1.807) is 74.2 Å². The second-order valence-electron chi connectivity index (χ2n) is 23.0. The number of aryl methyl sites for hydroxylation is 1. The lowest BCUT2D eigenvalue weighted by atomic mass is 9.90. The van der Waals surface area contributed by atoms with Crippen LogP contribution in [-0.4, -0.2) is 289 Å². The number of nitrogens with zero attached hydrogens (tertiary/aromatic N) is 5. The van der Waals surface area contributed by atoms with E-state index in [1.807, 2.05) is 0 Å². The van der Waals surface area contributed by atoms with E-state index in [9.17, 15) is 98.4 Å². The Morgan fingerprint density at radius 3 is 1.62 bits per heavy atom. The predicted octanol–water partition coefficient (Wildman–Crippen LogP) is -2.18. The van der Waals surface area contributed by atoms with E-state index < -0.39 is 158 Å². The Morgan fingerprint density at radius 1 is 0.573 bits per heavy atom. The lowest BCUT2D eigenvalue weighted by Gasteiger charge is -2.35. The molecule has 1 unspecified atom stereocenters. The standard InChI is InChI=1S/C62H87N11O22S/c1-39(51(77)28-43(26-46-31-63-38-65-46)59(89)68-48(35-74)52(78)29-42(25-41-5-3-2-4-6-41)58(88)69-49(36-75)60(90)91)66-57(87)44(30-53(79)80)27-47(76)37-95-24-23-94-22-13-64-62(96)67-45-10-7-40(8-11-45)9-12-50(61(92)93)73-20-18-71(33-55(83)84)16-14-70(32-54(81)82)15-17-72(19-21-73)34-56(85)86/h2-8,10-11,31,38-39,42-44,48-50,74-75H,9,12-30,32-37H2,1H3,(H,63,65)(H,66,87)(H,68,89)(H,69,88)(H,79,80)(H,81,82)(H,83,84)(H,85,86)(H,90,91)(H,92,93)(H2,64,67,96)/t39-,42+,43+,44-,48-,49-,50?/m0/s1. The molecule has 33 nitrogen and oxygen atoms in total. The second kappa shape index (κ2) is 42.6. The number of hydrogen-bond acceptors (Lipinski definition) is 22. The molecule has 34 heteroatoms. The molecule has 0 bridgehead atoms. The van der Waals surface area contributed by atoms with Crippen LogP contribution < -0.4 is 26.6 Å². The third-order valence-electron chi connectivity index (χ3n) is 15.5. The topological polar surface area (TPSA) is 487 Å². The van der Waals surface area contributed by atoms with Crippen molar-refractivity contribution >= 4 is 93.9 Å². The summed E-state index contributed by atoms with van der Waals surface area (Å²) in [6.07, 6.45) is 0.531. The highest BCUT2D eigenvalue weighted by Gasteiger charge is 2.35. The summed E-state index contributed by atoms with van der Waals surface area (Å²) >= 11 is 5.42. The van der Waals surface area contributed by atoms with Gasteiger partial charge in [0.2, 0.25) is 17.7 Å². The Morgan fingerprint density at radius 2 is 1.10 bits per heavy atom. The first-order valence-electron chi connectivity index (χ1n) is 31.0. The van der Waals surface area contributed by atoms with Crippen LogP contribution in [0.4, 0.5) is 5.69 Å². The molecule has 2 aromatic carbocycles. The Kier molecular flexibility index (Phi) is 35.4. The van der Waals surface area contributed by atoms with Crippen molar-refractivity contribution in [1.82, 2.24) is 50.8 Å². The quantitative estimate of drug-likeness (QED) is 0.0212. The van der Waals surface area contributed by atoms with Gasteiger partial charge in [-0.15, -0.1) is 0 Å². The van der Waals surface area contributed by atoms with Crippen molar-refractivity contribution in [2.45, 2.75) is 82.5 Å². The second-order valence-corrected chi connectivity index (χ2v) is 23.4. The highest BCUT2D eigenvalue weighted by atomic mass is 32.1. The van der Waals surface area contributed by atoms with Gasteiger partial charge in [-0.05, 0) is 61.7 Å². The maximum atomic E-state index is 13.9. The summed E-state index contributed by atoms with van der Waals surface area (Å²) in [4.78, 5) is 165. The molecule has 1 aromatic heterocycles. The van der Waals surface area contributed by atoms with Gasteiger partial charge in [0.15, 0.2) is 22.5 Å². The third kappa shape index (κ3) is 30.8. The molecule has 0 radical (unpaired) electrons. The fourth-order valence-corrected chi connectivity index (χ4v) is 10.6. The summed E-state index contributed by atoms with van der Waals surface area (Å²) in [5.74, 6) is -16.1. The molecule has 0 saturated carbocycles. The number of aliphatic hydroxyl groups excluding tert-OH is 2. The van der Waals surface area contributed by atoms with Gasteiger partial charge in [-0.25, -0.2) is 9.78 Å². The number of rotatable bonds is 43. The van der Waals surface area contributed by atoms with E-state index in [2.05, 4.69) is 36.6 Å². The number of carboxylic acids is 6. The number of nitrogens with one attached hydrogen (secondary N) is 6. The minimum atomic E-state index is -1.68. The molecule has 3 aromatic rings. The minimum Gasteiger partial charge on any atom is -0.481 e. The molecule has 7 atom stereocenters. The molecule has 96 heavy (non-hydrogen) atoms. The Balaban J connectivity index is 1.21. The van der Waals surface area contributed by atoms with Crippen molar-refractivity contribution in [2.75, 3.05) is 123 Å². The molecule has 528 valence electrons. The van der Waals surface area contributed by atoms with Crippen LogP contribution in [0.3, 0.4) is 0 Å². The molecule has 1 aliphatic heterocycles. The zero-order valence-electron chi connectivity index (χ0n) is 53.2. The number of H-pyrrole nitrogens is 1. The molecule has 2 heterocycles. The first kappa shape index (κ1) is 79.7. The molecule has 14 N–H and O–H groups in total. The maximum Gasteiger partial charge on any atom is 0.328 e. The SMILES string of the molecule is C[C@H](NC(=O)[C@H](CC(=O)O)CC(=O)COCCOCCNC(=S)Nc1ccc(CCC(C(=O)O)N2CCN(CC(=O)O)CCN(CC(=O)O)CCN(CC(=O)O)CC2)cc1)C(=O)C[C@@H](Cc1c[nH]cn1)C(=O)N[C@@H](CO)C(=O)C[C@@H](Cc1ccccc1)C(=O)N[C@@H](CO)C(=O)O. The van der Waals surface area contributed by atoms with Crippen molar-refractivity contribution in [3.63, 3.8) is 0 Å². The number of ether oxygens (including phenoxy) is 2. The molecule has 4 rings (SSSR count). The van der Waals surface area contributed by atoms with Gasteiger partial charge in [0, 0.05) is 102 Å². The molecular weight excluding hydrogens is 1280 g/mol. The van der Waals surface area contributed by atoms with E-state index in [1.165, 1.54) is 19.4 Å². The lowest BCUT2D eigenvalue weighted by Crippen LogP contribution is -2.51. The summed E-state index contributed by atoms with van der Waals surface area (Å²) in [5.41, 5.74) is 2.34. The van der Waals surface area contributed by atoms with Crippen LogP contribution in [0.5, 0.6) is 0 Å². The van der Waals surface area contributed by atoms with Crippen LogP contribution in [0.1, 0.15) is 55.8 Å². The third-order valence-corrected chi connectivity index (χ3v) is 15.8. The number of hydrogen-bond donors (Lipinski definition) is 14. The number of aromatic nitrogens is 2. The Labute approximate surface area is 558 Å². The van der Waals surface area contributed by atoms with Crippen LogP contribution in [0.2, 0.25) is 0 Å². The van der Waals surface area contributed by atoms with Gasteiger partial charge in [-0.2, -0.15) is 0 Å². The summed E-state index contributed by atoms with van der Waals surface area (Å²) in [6.45, 7) is -0.346. The molecule has 1 aliphatic rings. The van der Waals surface area contributed by atoms with Crippen LogP contribution in [0, 0.1) is 17.8 Å². The number of ketones is 3. The van der Waals surface area contributed by atoms with Gasteiger partial charge >= 0.3 is 35.8 Å². The lowest BCUT2D eigenvalue weighted by molar-refractivity contribution is -0.145. The van der Waals surface area contributed by atoms with Gasteiger partial charge in [0.25, 0.3) is 0 Å². The van der Waals surface area contributed by atoms with Gasteiger partial charge in [0.1, 0.15) is 24.7 Å². The number of imidazole rings is 1. The number of anilines is 1. The zero-order chi connectivity index (χ0) is 70.7. The van der Waals surface area contributed by atoms with E-state index >= 15 is 0 Å². The van der Waals surface area contributed by atoms with E-state index in [0.29, 0.717) is 23.4 Å². The van der Waals surface area contributed by atoms with E-state index in [0.717, 1.165) is 5.56 Å². The van der Waals surface area contributed by atoms with E-state index in [4.69, 9.17) is 21.7 Å². The molecule has 0 aliphatic carbocycles. The number of aromatic amines is 1. The fraction of sp³-hybridized carbons (Fsp3) is 0.548. The highest BCUT2D eigenvalue weighted by Crippen LogP contribution is 2.20. The monoisotopic (exact) mass is 1370 g/mol. The number of amides is 3. The number of benzene rings is 2. The Hall–Kier alpha value is -8.74. The first-order chi connectivity index (χ1) is 45.7. The van der Waals surface area contributed by atoms with Crippen molar-refractivity contribution < 1.29 is 108 Å². The number of aliphatic carboxylic acids is 6. The van der Waals surface area contributed by atoms with Crippen molar-refractivity contribution in [1.29, 1.82) is 0 Å². The van der Waals surface area contributed by atoms with Crippen molar-refractivity contribution in [3.05, 3.63) is 83.9 Å². The number of carboxylic acid groups (broad SMARTS) is 6. The highest BCUT2D eigenvalue weighted by molar-refractivity contribution is 7.80. The van der Waals surface area contributed by atoms with Crippen LogP contribution >= 0.6 is 12.2 Å². The number of aliphatic hydroxyl groups is 2. The number of carbonyl (C=O) groups excluding carboxylic acids is 6. The summed E-state index contributed by atoms with van der Waals surface area (Å²) < 4.78 is 11.0. The summed E-state index contributed by atoms with van der Waals surface area (Å²) in [6, 6.07) is 9.90. The Bertz CT molecular complexity index is 3020. The maximum absolute atomic E-state index is 13.9. The van der Waals surface area contributed by atoms with Gasteiger partial charge in [0.05, 0.1) is 89.0 Å². The van der Waals surface area contributed by atoms with Crippen LogP contribution in [0.15, 0.2) is 67.1 Å². The van der Waals surface area contributed by atoms with Crippen molar-refractivity contribution in [3.8, 4) is 0 Å². The van der Waals surface area contributed by atoms with Crippen molar-refractivity contribution in [2.24, 2.45) is 17.8 Å². The minimum absolute atomic E-state index is 0.0316. The zero-order valence-corrected chi connectivity index (χ0v) is 54.0. The summed E-state index contributed by atoms with van der Waals surface area (Å²) in [7, 11) is 0. The molecular formula is C62H87N11O22S. The smallest absolute Gasteiger partial charge is 0.328 e. The molecule has 3 amide bonds. The van der Waals surface area contributed by atoms with Crippen LogP contribution in [-0.2, 0) is 86.3 Å². The fourth-order valence-electron chi connectivity index (χ4n) is 10.3. The van der Waals surface area contributed by atoms with Gasteiger partial charge in [-0.3, -0.25) is 72.3 Å². The summed E-state index contributed by atoms with van der Waals surface area (Å²) in [5, 5.41) is 91.2. The molecule has 1 fully saturated rings. The van der Waals surface area contributed by atoms with Crippen LogP contribution in [0.25, 0.3) is 0 Å². The normalized spacial score (nSPS) is 15.9. The van der Waals surface area contributed by atoms with E-state index in [-0.39, 0.29) is 123 Å². The number of thiocarbonyl (C=S) groups is 1. The largest absolute Gasteiger partial charge is 0.481 e. The average molecular weight is 1370 g/mol. The average Bonchev–Trinajstić information content (AvgIpc) is 1.26. The molecule has 1 saturated heterocycles.